The zero-order valence-corrected chi connectivity index (χ0v) is 12.2. The molecule has 1 aromatic heterocycles. The average molecular weight is 281 g/mol. The lowest BCUT2D eigenvalue weighted by Gasteiger charge is -2.23. The molecule has 1 N–H and O–H groups in total. The van der Waals surface area contributed by atoms with E-state index >= 15 is 0 Å². The molecule has 0 saturated heterocycles. The predicted octanol–water partition coefficient (Wildman–Crippen LogP) is 1.45. The van der Waals surface area contributed by atoms with Gasteiger partial charge in [-0.2, -0.15) is 4.39 Å². The van der Waals surface area contributed by atoms with Gasteiger partial charge in [-0.1, -0.05) is 13.8 Å². The summed E-state index contributed by atoms with van der Waals surface area (Å²) in [5.41, 5.74) is 0.228. The minimum Gasteiger partial charge on any atom is -0.347 e. The van der Waals surface area contributed by atoms with E-state index in [2.05, 4.69) is 10.3 Å². The van der Waals surface area contributed by atoms with Crippen LogP contribution in [0.2, 0.25) is 0 Å². The molecule has 1 heterocycles. The molecule has 0 bridgehead atoms. The van der Waals surface area contributed by atoms with Crippen LogP contribution in [0, 0.1) is 11.9 Å². The first-order valence-electron chi connectivity index (χ1n) is 6.44. The zero-order valence-electron chi connectivity index (χ0n) is 12.2. The zero-order chi connectivity index (χ0) is 15.3. The van der Waals surface area contributed by atoms with Crippen LogP contribution in [-0.4, -0.2) is 41.8 Å². The molecule has 1 atom stereocenters. The maximum Gasteiger partial charge on any atom is 0.253 e. The van der Waals surface area contributed by atoms with Gasteiger partial charge in [-0.25, -0.2) is 4.98 Å². The number of nitrogens with one attached hydrogen (secondary N) is 1. The molecule has 0 aliphatic carbocycles. The van der Waals surface area contributed by atoms with Crippen molar-refractivity contribution in [2.45, 2.75) is 26.3 Å². The quantitative estimate of drug-likeness (QED) is 0.831. The van der Waals surface area contributed by atoms with E-state index in [0.717, 1.165) is 12.3 Å². The number of halogens is 1. The van der Waals surface area contributed by atoms with Gasteiger partial charge in [-0.15, -0.1) is 0 Å². The van der Waals surface area contributed by atoms with Crippen molar-refractivity contribution < 1.29 is 14.0 Å². The Labute approximate surface area is 118 Å². The number of nitrogens with zero attached hydrogens (tertiary/aromatic N) is 2. The van der Waals surface area contributed by atoms with E-state index in [4.69, 9.17) is 0 Å². The van der Waals surface area contributed by atoms with E-state index in [-0.39, 0.29) is 17.4 Å². The molecule has 0 aliphatic heterocycles. The summed E-state index contributed by atoms with van der Waals surface area (Å²) in [6, 6.07) is 1.85. The van der Waals surface area contributed by atoms with E-state index in [1.165, 1.54) is 11.0 Å². The number of hydrogen-bond acceptors (Lipinski definition) is 3. The normalized spacial score (nSPS) is 12.1. The molecule has 110 valence electrons. The minimum atomic E-state index is -0.648. The molecule has 0 fully saturated rings. The second-order valence-corrected chi connectivity index (χ2v) is 5.26. The first-order chi connectivity index (χ1) is 9.31. The summed E-state index contributed by atoms with van der Waals surface area (Å²) in [4.78, 5) is 28.9. The fraction of sp³-hybridized carbons (Fsp3) is 0.500. The van der Waals surface area contributed by atoms with Crippen LogP contribution in [0.1, 0.15) is 30.6 Å². The van der Waals surface area contributed by atoms with E-state index < -0.39 is 17.9 Å². The summed E-state index contributed by atoms with van der Waals surface area (Å²) in [7, 11) is 3.28. The number of rotatable bonds is 5. The first kappa shape index (κ1) is 16.1. The van der Waals surface area contributed by atoms with Crippen LogP contribution in [0.4, 0.5) is 4.39 Å². The molecule has 1 aromatic rings. The number of carbonyl (C=O) groups excluding carboxylic acids is 2. The van der Waals surface area contributed by atoms with E-state index in [1.54, 1.807) is 14.1 Å². The molecule has 2 amide bonds. The van der Waals surface area contributed by atoms with Gasteiger partial charge >= 0.3 is 0 Å². The van der Waals surface area contributed by atoms with Crippen LogP contribution in [0.3, 0.4) is 0 Å². The van der Waals surface area contributed by atoms with Crippen molar-refractivity contribution in [2.75, 3.05) is 14.1 Å². The highest BCUT2D eigenvalue weighted by Crippen LogP contribution is 2.08. The Kier molecular flexibility index (Phi) is 5.61. The van der Waals surface area contributed by atoms with Gasteiger partial charge in [0.1, 0.15) is 6.04 Å². The highest BCUT2D eigenvalue weighted by Gasteiger charge is 2.23. The molecule has 20 heavy (non-hydrogen) atoms. The van der Waals surface area contributed by atoms with E-state index in [9.17, 15) is 14.0 Å². The van der Waals surface area contributed by atoms with Crippen LogP contribution < -0.4 is 5.32 Å². The topological polar surface area (TPSA) is 62.3 Å². The van der Waals surface area contributed by atoms with Crippen molar-refractivity contribution in [3.63, 3.8) is 0 Å². The predicted molar refractivity (Wildman–Crippen MR) is 73.6 cm³/mol. The van der Waals surface area contributed by atoms with Gasteiger partial charge in [0.15, 0.2) is 0 Å². The summed E-state index contributed by atoms with van der Waals surface area (Å²) in [6.45, 7) is 3.95. The number of likely N-dealkylation sites (N-methyl/N-ethyl adjacent to an activating group) is 1. The Morgan fingerprint density at radius 1 is 1.35 bits per heavy atom. The van der Waals surface area contributed by atoms with Gasteiger partial charge in [-0.3, -0.25) is 9.59 Å². The SMILES string of the molecule is CC(C)CC(NC(=O)c1ccc(F)nc1)C(=O)N(C)C. The maximum absolute atomic E-state index is 12.7. The second-order valence-electron chi connectivity index (χ2n) is 5.26. The molecule has 0 saturated carbocycles. The van der Waals surface area contributed by atoms with E-state index in [1.807, 2.05) is 13.8 Å². The smallest absolute Gasteiger partial charge is 0.253 e. The van der Waals surface area contributed by atoms with Crippen LogP contribution in [0.15, 0.2) is 18.3 Å². The Bertz CT molecular complexity index is 472. The van der Waals surface area contributed by atoms with Crippen molar-refractivity contribution in [1.82, 2.24) is 15.2 Å². The van der Waals surface area contributed by atoms with Gasteiger partial charge in [0.2, 0.25) is 11.9 Å². The van der Waals surface area contributed by atoms with Crippen molar-refractivity contribution >= 4 is 11.8 Å². The third-order valence-electron chi connectivity index (χ3n) is 2.74. The average Bonchev–Trinajstić information content (AvgIpc) is 2.37. The second kappa shape index (κ2) is 6.98. The Hall–Kier alpha value is -1.98. The molecule has 5 nitrogen and oxygen atoms in total. The van der Waals surface area contributed by atoms with Gasteiger partial charge < -0.3 is 10.2 Å². The Morgan fingerprint density at radius 3 is 2.45 bits per heavy atom. The highest BCUT2D eigenvalue weighted by atomic mass is 19.1. The van der Waals surface area contributed by atoms with Gasteiger partial charge in [0.05, 0.1) is 5.56 Å². The van der Waals surface area contributed by atoms with Gasteiger partial charge in [-0.05, 0) is 24.5 Å². The van der Waals surface area contributed by atoms with Crippen LogP contribution in [0.5, 0.6) is 0 Å². The molecular formula is C14H20FN3O2. The fourth-order valence-electron chi connectivity index (χ4n) is 1.76. The van der Waals surface area contributed by atoms with Gasteiger partial charge in [0, 0.05) is 20.3 Å². The first-order valence-corrected chi connectivity index (χ1v) is 6.44. The molecular weight excluding hydrogens is 261 g/mol. The number of carbonyl (C=O) groups is 2. The fourth-order valence-corrected chi connectivity index (χ4v) is 1.76. The summed E-state index contributed by atoms with van der Waals surface area (Å²) in [6.07, 6.45) is 1.69. The highest BCUT2D eigenvalue weighted by molar-refractivity contribution is 5.97. The molecule has 1 unspecified atom stereocenters. The molecule has 0 aromatic carbocycles. The molecule has 0 aliphatic rings. The van der Waals surface area contributed by atoms with Crippen LogP contribution >= 0.6 is 0 Å². The molecule has 0 radical (unpaired) electrons. The van der Waals surface area contributed by atoms with Crippen LogP contribution in [-0.2, 0) is 4.79 Å². The van der Waals surface area contributed by atoms with Crippen molar-refractivity contribution in [3.8, 4) is 0 Å². The van der Waals surface area contributed by atoms with Crippen molar-refractivity contribution in [3.05, 3.63) is 29.8 Å². The van der Waals surface area contributed by atoms with Crippen LogP contribution in [0.25, 0.3) is 0 Å². The monoisotopic (exact) mass is 281 g/mol. The lowest BCUT2D eigenvalue weighted by atomic mass is 10.0. The lowest BCUT2D eigenvalue weighted by Crippen LogP contribution is -2.46. The Balaban J connectivity index is 2.81. The summed E-state index contributed by atoms with van der Waals surface area (Å²) in [5.74, 6) is -0.985. The summed E-state index contributed by atoms with van der Waals surface area (Å²) >= 11 is 0. The number of hydrogen-bond donors (Lipinski definition) is 1. The van der Waals surface area contributed by atoms with Gasteiger partial charge in [0.25, 0.3) is 5.91 Å². The third kappa shape index (κ3) is 4.60. The Morgan fingerprint density at radius 2 is 2.00 bits per heavy atom. The molecule has 1 rings (SSSR count). The summed E-state index contributed by atoms with van der Waals surface area (Å²) < 4.78 is 12.7. The molecule has 0 spiro atoms. The standard InChI is InChI=1S/C14H20FN3O2/c1-9(2)7-11(14(20)18(3)4)17-13(19)10-5-6-12(15)16-8-10/h5-6,8-9,11H,7H2,1-4H3,(H,17,19). The number of pyridine rings is 1. The lowest BCUT2D eigenvalue weighted by molar-refractivity contribution is -0.131. The largest absolute Gasteiger partial charge is 0.347 e. The third-order valence-corrected chi connectivity index (χ3v) is 2.74. The molecule has 6 heteroatoms. The van der Waals surface area contributed by atoms with Crippen molar-refractivity contribution in [2.24, 2.45) is 5.92 Å². The minimum absolute atomic E-state index is 0.165. The van der Waals surface area contributed by atoms with Crippen molar-refractivity contribution in [1.29, 1.82) is 0 Å². The summed E-state index contributed by atoms with van der Waals surface area (Å²) in [5, 5.41) is 2.67. The van der Waals surface area contributed by atoms with E-state index in [0.29, 0.717) is 6.42 Å². The maximum atomic E-state index is 12.7. The number of amides is 2. The number of aromatic nitrogens is 1.